The molecule has 1 aliphatic rings. The van der Waals surface area contributed by atoms with Crippen LogP contribution >= 0.6 is 0 Å². The summed E-state index contributed by atoms with van der Waals surface area (Å²) in [7, 11) is 0. The maximum atomic E-state index is 13.0. The van der Waals surface area contributed by atoms with Crippen molar-refractivity contribution in [3.05, 3.63) is 54.4 Å². The van der Waals surface area contributed by atoms with Crippen molar-refractivity contribution >= 4 is 17.5 Å². The second kappa shape index (κ2) is 6.57. The first kappa shape index (κ1) is 16.2. The van der Waals surface area contributed by atoms with Crippen molar-refractivity contribution in [3.63, 3.8) is 0 Å². The molecule has 4 rings (SSSR count). The lowest BCUT2D eigenvalue weighted by molar-refractivity contribution is -0.147. The predicted octanol–water partition coefficient (Wildman–Crippen LogP) is 1.32. The Morgan fingerprint density at radius 3 is 2.77 bits per heavy atom. The molecule has 2 aromatic heterocycles. The number of nitrogens with zero attached hydrogens (tertiary/aromatic N) is 4. The van der Waals surface area contributed by atoms with Crippen LogP contribution in [-0.2, 0) is 9.53 Å². The van der Waals surface area contributed by atoms with Gasteiger partial charge in [0.1, 0.15) is 5.56 Å². The quantitative estimate of drug-likeness (QED) is 0.764. The van der Waals surface area contributed by atoms with Gasteiger partial charge in [-0.15, -0.1) is 0 Å². The van der Waals surface area contributed by atoms with Crippen LogP contribution in [0, 0.1) is 0 Å². The molecule has 0 aliphatic carbocycles. The van der Waals surface area contributed by atoms with Crippen LogP contribution in [0.5, 0.6) is 0 Å². The molecular formula is C18H16N4O4. The van der Waals surface area contributed by atoms with Gasteiger partial charge in [0.05, 0.1) is 25.1 Å². The summed E-state index contributed by atoms with van der Waals surface area (Å²) in [6.45, 7) is 0.492. The molecule has 0 unspecified atom stereocenters. The van der Waals surface area contributed by atoms with Crippen molar-refractivity contribution in [2.24, 2.45) is 0 Å². The van der Waals surface area contributed by atoms with Crippen molar-refractivity contribution in [3.8, 4) is 11.3 Å². The second-order valence-electron chi connectivity index (χ2n) is 5.92. The number of benzene rings is 1. The number of aromatic nitrogens is 3. The number of rotatable bonds is 3. The minimum atomic E-state index is -1.09. The Labute approximate surface area is 148 Å². The molecule has 0 saturated carbocycles. The van der Waals surface area contributed by atoms with Crippen molar-refractivity contribution in [2.45, 2.75) is 6.04 Å². The maximum Gasteiger partial charge on any atom is 0.328 e. The van der Waals surface area contributed by atoms with Gasteiger partial charge in [-0.05, 0) is 6.07 Å². The lowest BCUT2D eigenvalue weighted by Gasteiger charge is -2.32. The summed E-state index contributed by atoms with van der Waals surface area (Å²) < 4.78 is 6.79. The number of hydrogen-bond donors (Lipinski definition) is 1. The van der Waals surface area contributed by atoms with Gasteiger partial charge >= 0.3 is 5.97 Å². The van der Waals surface area contributed by atoms with E-state index in [4.69, 9.17) is 4.74 Å². The van der Waals surface area contributed by atoms with E-state index in [0.717, 1.165) is 11.3 Å². The van der Waals surface area contributed by atoms with Gasteiger partial charge in [-0.3, -0.25) is 4.79 Å². The Balaban J connectivity index is 1.76. The van der Waals surface area contributed by atoms with E-state index in [-0.39, 0.29) is 18.7 Å². The minimum absolute atomic E-state index is 0.0248. The molecule has 1 aromatic carbocycles. The third-order valence-corrected chi connectivity index (χ3v) is 4.38. The van der Waals surface area contributed by atoms with Crippen molar-refractivity contribution in [2.75, 3.05) is 19.8 Å². The van der Waals surface area contributed by atoms with Gasteiger partial charge in [0.15, 0.2) is 11.7 Å². The van der Waals surface area contributed by atoms with E-state index >= 15 is 0 Å². The van der Waals surface area contributed by atoms with Crippen LogP contribution in [0.2, 0.25) is 0 Å². The summed E-state index contributed by atoms with van der Waals surface area (Å²) in [5.74, 6) is -1.50. The molecule has 8 heteroatoms. The number of amides is 1. The maximum absolute atomic E-state index is 13.0. The zero-order valence-corrected chi connectivity index (χ0v) is 13.8. The largest absolute Gasteiger partial charge is 0.480 e. The molecule has 26 heavy (non-hydrogen) atoms. The highest BCUT2D eigenvalue weighted by molar-refractivity contribution is 6.01. The number of aliphatic carboxylic acids is 1. The first-order chi connectivity index (χ1) is 12.7. The standard InChI is InChI=1S/C18H16N4O4/c23-17(21-8-9-26-11-15(21)18(24)25)13-10-20-22-14(6-7-19-16(13)22)12-4-2-1-3-5-12/h1-7,10,15H,8-9,11H2,(H,24,25)/t15-/m1/s1. The average molecular weight is 352 g/mol. The van der Waals surface area contributed by atoms with Gasteiger partial charge < -0.3 is 14.7 Å². The summed E-state index contributed by atoms with van der Waals surface area (Å²) in [6, 6.07) is 10.5. The molecule has 1 saturated heterocycles. The van der Waals surface area contributed by atoms with Gasteiger partial charge in [0, 0.05) is 18.3 Å². The number of carbonyl (C=O) groups excluding carboxylic acids is 1. The highest BCUT2D eigenvalue weighted by atomic mass is 16.5. The fraction of sp³-hybridized carbons (Fsp3) is 0.222. The second-order valence-corrected chi connectivity index (χ2v) is 5.92. The third kappa shape index (κ3) is 2.70. The van der Waals surface area contributed by atoms with Crippen LogP contribution in [0.1, 0.15) is 10.4 Å². The molecule has 0 bridgehead atoms. The topological polar surface area (TPSA) is 97.0 Å². The van der Waals surface area contributed by atoms with Crippen molar-refractivity contribution < 1.29 is 19.4 Å². The first-order valence-electron chi connectivity index (χ1n) is 8.16. The van der Waals surface area contributed by atoms with Crippen LogP contribution in [0.25, 0.3) is 16.9 Å². The fourth-order valence-electron chi connectivity index (χ4n) is 3.08. The molecule has 132 valence electrons. The monoisotopic (exact) mass is 352 g/mol. The molecule has 0 radical (unpaired) electrons. The lowest BCUT2D eigenvalue weighted by atomic mass is 10.1. The number of carboxylic acids is 1. The van der Waals surface area contributed by atoms with E-state index in [1.807, 2.05) is 36.4 Å². The Morgan fingerprint density at radius 1 is 1.19 bits per heavy atom. The smallest absolute Gasteiger partial charge is 0.328 e. The van der Waals surface area contributed by atoms with Gasteiger partial charge in [-0.1, -0.05) is 30.3 Å². The molecule has 0 spiro atoms. The molecule has 8 nitrogen and oxygen atoms in total. The fourth-order valence-corrected chi connectivity index (χ4v) is 3.08. The molecule has 3 aromatic rings. The van der Waals surface area contributed by atoms with E-state index in [2.05, 4.69) is 10.1 Å². The minimum Gasteiger partial charge on any atom is -0.480 e. The average Bonchev–Trinajstić information content (AvgIpc) is 3.12. The van der Waals surface area contributed by atoms with Gasteiger partial charge in [-0.25, -0.2) is 14.3 Å². The van der Waals surface area contributed by atoms with Gasteiger partial charge in [0.2, 0.25) is 0 Å². The number of morpholine rings is 1. The molecule has 1 aliphatic heterocycles. The van der Waals surface area contributed by atoms with E-state index in [0.29, 0.717) is 12.3 Å². The zero-order chi connectivity index (χ0) is 18.1. The molecule has 3 heterocycles. The molecule has 1 N–H and O–H groups in total. The third-order valence-electron chi connectivity index (χ3n) is 4.38. The molecular weight excluding hydrogens is 336 g/mol. The van der Waals surface area contributed by atoms with E-state index in [9.17, 15) is 14.7 Å². The van der Waals surface area contributed by atoms with Crippen LogP contribution < -0.4 is 0 Å². The van der Waals surface area contributed by atoms with E-state index < -0.39 is 17.9 Å². The summed E-state index contributed by atoms with van der Waals surface area (Å²) in [5, 5.41) is 13.7. The van der Waals surface area contributed by atoms with Gasteiger partial charge in [-0.2, -0.15) is 5.10 Å². The lowest BCUT2D eigenvalue weighted by Crippen LogP contribution is -2.52. The molecule has 1 atom stereocenters. The van der Waals surface area contributed by atoms with Crippen molar-refractivity contribution in [1.29, 1.82) is 0 Å². The molecule has 1 amide bonds. The number of hydrogen-bond acceptors (Lipinski definition) is 5. The summed E-state index contributed by atoms with van der Waals surface area (Å²) in [6.07, 6.45) is 3.05. The van der Waals surface area contributed by atoms with Crippen LogP contribution in [0.4, 0.5) is 0 Å². The highest BCUT2D eigenvalue weighted by Gasteiger charge is 2.34. The van der Waals surface area contributed by atoms with Crippen LogP contribution in [0.3, 0.4) is 0 Å². The number of carboxylic acid groups (broad SMARTS) is 1. The van der Waals surface area contributed by atoms with Crippen LogP contribution in [0.15, 0.2) is 48.8 Å². The summed E-state index contributed by atoms with van der Waals surface area (Å²) >= 11 is 0. The predicted molar refractivity (Wildman–Crippen MR) is 91.7 cm³/mol. The Morgan fingerprint density at radius 2 is 2.00 bits per heavy atom. The Hall–Kier alpha value is -3.26. The van der Waals surface area contributed by atoms with E-state index in [1.165, 1.54) is 11.1 Å². The number of carbonyl (C=O) groups is 2. The van der Waals surface area contributed by atoms with E-state index in [1.54, 1.807) is 10.7 Å². The highest BCUT2D eigenvalue weighted by Crippen LogP contribution is 2.22. The van der Waals surface area contributed by atoms with Crippen LogP contribution in [-0.4, -0.2) is 62.3 Å². The molecule has 1 fully saturated rings. The SMILES string of the molecule is O=C(O)[C@H]1COCCN1C(=O)c1cnn2c(-c3ccccc3)ccnc12. The Bertz CT molecular complexity index is 970. The van der Waals surface area contributed by atoms with Gasteiger partial charge in [0.25, 0.3) is 5.91 Å². The Kier molecular flexibility index (Phi) is 4.10. The summed E-state index contributed by atoms with van der Waals surface area (Å²) in [5.41, 5.74) is 2.41. The first-order valence-corrected chi connectivity index (χ1v) is 8.16. The zero-order valence-electron chi connectivity index (χ0n) is 13.8. The number of fused-ring (bicyclic) bond motifs is 1. The normalized spacial score (nSPS) is 17.4. The van der Waals surface area contributed by atoms with Crippen molar-refractivity contribution in [1.82, 2.24) is 19.5 Å². The number of ether oxygens (including phenoxy) is 1. The summed E-state index contributed by atoms with van der Waals surface area (Å²) in [4.78, 5) is 30.0.